The summed E-state index contributed by atoms with van der Waals surface area (Å²) in [6.45, 7) is 0.0964. The maximum absolute atomic E-state index is 12.7. The van der Waals surface area contributed by atoms with Crippen molar-refractivity contribution in [2.75, 3.05) is 26.6 Å². The first-order valence-electron chi connectivity index (χ1n) is 6.21. The minimum Gasteiger partial charge on any atom is -0.467 e. The quantitative estimate of drug-likeness (QED) is 0.440. The Kier molecular flexibility index (Phi) is 5.93. The molecule has 0 bridgehead atoms. The van der Waals surface area contributed by atoms with Crippen molar-refractivity contribution in [3.05, 3.63) is 24.3 Å². The third-order valence-corrected chi connectivity index (χ3v) is 5.06. The van der Waals surface area contributed by atoms with Crippen molar-refractivity contribution in [3.8, 4) is 11.8 Å². The molecule has 0 heterocycles. The molecule has 22 heavy (non-hydrogen) atoms. The summed E-state index contributed by atoms with van der Waals surface area (Å²) in [5, 5.41) is 0. The molecule has 1 unspecified atom stereocenters. The molecule has 4 N–H and O–H groups in total. The van der Waals surface area contributed by atoms with Gasteiger partial charge in [-0.2, -0.15) is 0 Å². The van der Waals surface area contributed by atoms with Crippen molar-refractivity contribution in [1.29, 1.82) is 0 Å². The molecule has 0 saturated heterocycles. The number of methoxy groups -OCH3 is 2. The highest BCUT2D eigenvalue weighted by Gasteiger charge is 2.48. The molecule has 0 amide bonds. The number of rotatable bonds is 5. The molecule has 0 aliphatic carbocycles. The Labute approximate surface area is 129 Å². The van der Waals surface area contributed by atoms with Crippen LogP contribution in [0.3, 0.4) is 0 Å². The molecule has 8 heteroatoms. The summed E-state index contributed by atoms with van der Waals surface area (Å²) < 4.78 is 34.6. The number of ether oxygens (including phenoxy) is 2. The van der Waals surface area contributed by atoms with E-state index in [1.54, 1.807) is 0 Å². The zero-order valence-electron chi connectivity index (χ0n) is 12.3. The predicted molar refractivity (Wildman–Crippen MR) is 81.2 cm³/mol. The first-order chi connectivity index (χ1) is 10.3. The van der Waals surface area contributed by atoms with Crippen LogP contribution in [0.2, 0.25) is 0 Å². The van der Waals surface area contributed by atoms with Crippen LogP contribution in [0, 0.1) is 11.8 Å². The van der Waals surface area contributed by atoms with Crippen molar-refractivity contribution in [2.24, 2.45) is 5.73 Å². The molecule has 1 rings (SSSR count). The summed E-state index contributed by atoms with van der Waals surface area (Å²) in [5.41, 5.74) is 11.8. The second-order valence-corrected chi connectivity index (χ2v) is 6.62. The molecule has 0 aliphatic rings. The van der Waals surface area contributed by atoms with E-state index < -0.39 is 27.1 Å². The van der Waals surface area contributed by atoms with Crippen LogP contribution in [0.5, 0.6) is 0 Å². The van der Waals surface area contributed by atoms with Gasteiger partial charge in [0.2, 0.25) is 14.7 Å². The molecule has 120 valence electrons. The molecule has 0 radical (unpaired) electrons. The lowest BCUT2D eigenvalue weighted by atomic mass is 10.2. The SMILES string of the molecule is COCC#CCC(N)(C(=O)OC)S(=O)(=O)c1ccc(N)cc1. The molecular formula is C14H18N2O5S. The van der Waals surface area contributed by atoms with Crippen molar-refractivity contribution < 1.29 is 22.7 Å². The van der Waals surface area contributed by atoms with E-state index in [1.165, 1.54) is 31.4 Å². The lowest BCUT2D eigenvalue weighted by molar-refractivity contribution is -0.143. The summed E-state index contributed by atoms with van der Waals surface area (Å²) >= 11 is 0. The average Bonchev–Trinajstić information content (AvgIpc) is 2.50. The average molecular weight is 326 g/mol. The Hall–Kier alpha value is -2.08. The van der Waals surface area contributed by atoms with Crippen LogP contribution in [-0.4, -0.2) is 40.1 Å². The van der Waals surface area contributed by atoms with Gasteiger partial charge in [-0.1, -0.05) is 11.8 Å². The highest BCUT2D eigenvalue weighted by atomic mass is 32.2. The van der Waals surface area contributed by atoms with Crippen LogP contribution in [0.1, 0.15) is 6.42 Å². The Bertz CT molecular complexity index is 688. The van der Waals surface area contributed by atoms with Gasteiger partial charge in [0.15, 0.2) is 0 Å². The van der Waals surface area contributed by atoms with Gasteiger partial charge in [0.25, 0.3) is 0 Å². The fraction of sp³-hybridized carbons (Fsp3) is 0.357. The third-order valence-electron chi connectivity index (χ3n) is 2.89. The molecule has 7 nitrogen and oxygen atoms in total. The molecular weight excluding hydrogens is 308 g/mol. The lowest BCUT2D eigenvalue weighted by Crippen LogP contribution is -2.55. The molecule has 0 aliphatic heterocycles. The third kappa shape index (κ3) is 3.57. The Morgan fingerprint density at radius 3 is 2.32 bits per heavy atom. The summed E-state index contributed by atoms with van der Waals surface area (Å²) in [4.78, 5) is 9.49. The van der Waals surface area contributed by atoms with E-state index in [1.807, 2.05) is 0 Å². The zero-order valence-corrected chi connectivity index (χ0v) is 13.1. The van der Waals surface area contributed by atoms with Crippen molar-refractivity contribution in [1.82, 2.24) is 0 Å². The Morgan fingerprint density at radius 2 is 1.82 bits per heavy atom. The maximum atomic E-state index is 12.7. The number of hydrogen-bond acceptors (Lipinski definition) is 7. The fourth-order valence-electron chi connectivity index (χ4n) is 1.62. The normalized spacial score (nSPS) is 13.6. The van der Waals surface area contributed by atoms with Gasteiger partial charge < -0.3 is 20.9 Å². The number of carbonyl (C=O) groups excluding carboxylic acids is 1. The predicted octanol–water partition coefficient (Wildman–Crippen LogP) is -0.0896. The van der Waals surface area contributed by atoms with Gasteiger partial charge in [0.05, 0.1) is 18.4 Å². The van der Waals surface area contributed by atoms with E-state index in [0.717, 1.165) is 7.11 Å². The number of hydrogen-bond donors (Lipinski definition) is 2. The second-order valence-electron chi connectivity index (χ2n) is 4.42. The minimum atomic E-state index is -4.21. The number of nitrogens with two attached hydrogens (primary N) is 2. The van der Waals surface area contributed by atoms with Crippen LogP contribution in [0.15, 0.2) is 29.2 Å². The summed E-state index contributed by atoms with van der Waals surface area (Å²) in [7, 11) is -1.71. The van der Waals surface area contributed by atoms with E-state index in [0.29, 0.717) is 5.69 Å². The highest BCUT2D eigenvalue weighted by Crippen LogP contribution is 2.26. The maximum Gasteiger partial charge on any atom is 0.343 e. The van der Waals surface area contributed by atoms with Crippen LogP contribution in [-0.2, 0) is 24.1 Å². The van der Waals surface area contributed by atoms with Crippen LogP contribution >= 0.6 is 0 Å². The number of anilines is 1. The number of sulfone groups is 1. The lowest BCUT2D eigenvalue weighted by Gasteiger charge is -2.24. The monoisotopic (exact) mass is 326 g/mol. The summed E-state index contributed by atoms with van der Waals surface area (Å²) in [5.74, 6) is 4.00. The first kappa shape index (κ1) is 18.0. The molecule has 1 atom stereocenters. The fourth-order valence-corrected chi connectivity index (χ4v) is 3.10. The van der Waals surface area contributed by atoms with E-state index in [2.05, 4.69) is 16.6 Å². The van der Waals surface area contributed by atoms with Crippen LogP contribution in [0.25, 0.3) is 0 Å². The molecule has 0 saturated carbocycles. The number of esters is 1. The van der Waals surface area contributed by atoms with Crippen LogP contribution < -0.4 is 11.5 Å². The smallest absolute Gasteiger partial charge is 0.343 e. The summed E-state index contributed by atoms with van der Waals surface area (Å²) in [6.07, 6.45) is -0.421. The van der Waals surface area contributed by atoms with E-state index >= 15 is 0 Å². The first-order valence-corrected chi connectivity index (χ1v) is 7.70. The van der Waals surface area contributed by atoms with Crippen molar-refractivity contribution >= 4 is 21.5 Å². The molecule has 1 aromatic carbocycles. The number of carbonyl (C=O) groups is 1. The van der Waals surface area contributed by atoms with Gasteiger partial charge >= 0.3 is 5.97 Å². The zero-order chi connectivity index (χ0) is 16.8. The van der Waals surface area contributed by atoms with E-state index in [4.69, 9.17) is 16.2 Å². The number of benzene rings is 1. The minimum absolute atomic E-state index is 0.0964. The van der Waals surface area contributed by atoms with Crippen molar-refractivity contribution in [3.63, 3.8) is 0 Å². The largest absolute Gasteiger partial charge is 0.467 e. The Morgan fingerprint density at radius 1 is 1.23 bits per heavy atom. The Balaban J connectivity index is 3.29. The molecule has 0 spiro atoms. The van der Waals surface area contributed by atoms with E-state index in [-0.39, 0.29) is 11.5 Å². The standard InChI is InChI=1S/C14H18N2O5S/c1-20-10-4-3-9-14(16,13(17)21-2)22(18,19)12-7-5-11(15)6-8-12/h5-8H,9-10,15-16H2,1-2H3. The number of nitrogen functional groups attached to an aromatic ring is 1. The van der Waals surface area contributed by atoms with Gasteiger partial charge in [-0.05, 0) is 24.3 Å². The molecule has 0 aromatic heterocycles. The van der Waals surface area contributed by atoms with Gasteiger partial charge in [0.1, 0.15) is 6.61 Å². The molecule has 0 fully saturated rings. The van der Waals surface area contributed by atoms with Crippen molar-refractivity contribution in [2.45, 2.75) is 16.2 Å². The van der Waals surface area contributed by atoms with Gasteiger partial charge in [-0.25, -0.2) is 13.2 Å². The van der Waals surface area contributed by atoms with E-state index in [9.17, 15) is 13.2 Å². The van der Waals surface area contributed by atoms with Gasteiger partial charge in [-0.3, -0.25) is 0 Å². The highest BCUT2D eigenvalue weighted by molar-refractivity contribution is 7.93. The van der Waals surface area contributed by atoms with Crippen LogP contribution in [0.4, 0.5) is 5.69 Å². The molecule has 1 aromatic rings. The van der Waals surface area contributed by atoms with Gasteiger partial charge in [0, 0.05) is 12.8 Å². The summed E-state index contributed by atoms with van der Waals surface area (Å²) in [6, 6.07) is 5.36. The van der Waals surface area contributed by atoms with Gasteiger partial charge in [-0.15, -0.1) is 0 Å². The second kappa shape index (κ2) is 7.26. The topological polar surface area (TPSA) is 122 Å².